The van der Waals surface area contributed by atoms with E-state index in [0.717, 1.165) is 38.5 Å². The second kappa shape index (κ2) is 6.29. The summed E-state index contributed by atoms with van der Waals surface area (Å²) in [6.07, 6.45) is 6.69. The highest BCUT2D eigenvalue weighted by atomic mass is 79.9. The minimum absolute atomic E-state index is 0.0516. The van der Waals surface area contributed by atoms with Crippen LogP contribution in [0.3, 0.4) is 0 Å². The lowest BCUT2D eigenvalue weighted by Gasteiger charge is -2.57. The highest BCUT2D eigenvalue weighted by Crippen LogP contribution is 2.65. The minimum atomic E-state index is -0.772. The van der Waals surface area contributed by atoms with E-state index in [1.54, 1.807) is 0 Å². The monoisotopic (exact) mass is 414 g/mol. The molecule has 4 aliphatic carbocycles. The fourth-order valence-electron chi connectivity index (χ4n) is 7.62. The number of Topliss-reactive ketones (excluding diaryl/α,β-unsaturated/α-hetero) is 1. The molecule has 142 valence electrons. The van der Waals surface area contributed by atoms with Gasteiger partial charge in [-0.15, -0.1) is 0 Å². The predicted molar refractivity (Wildman–Crippen MR) is 100 cm³/mol. The number of aliphatic hydroxyl groups is 1. The van der Waals surface area contributed by atoms with E-state index in [9.17, 15) is 9.90 Å². The second-order valence-electron chi connectivity index (χ2n) is 10.0. The Morgan fingerprint density at radius 1 is 1.08 bits per heavy atom. The van der Waals surface area contributed by atoms with Crippen LogP contribution in [-0.4, -0.2) is 28.0 Å². The Labute approximate surface area is 159 Å². The van der Waals surface area contributed by atoms with Crippen molar-refractivity contribution in [2.24, 2.45) is 40.9 Å². The van der Waals surface area contributed by atoms with Crippen LogP contribution in [0.2, 0.25) is 0 Å². The standard InChI is InChI=1S/C21H32BrFO2/c1-20(25)7-5-13-12-6-8-21(2)16(3-4-17(21)19(24)11-22)14(12)9-18(23)15(13)10-20/h12-18,25H,3-11H2,1-2H3/t12-,13-,14?,15+,16+,17-,18-,20-,21+/m1/s1. The first-order valence-corrected chi connectivity index (χ1v) is 11.3. The number of carbonyl (C=O) groups is 1. The molecule has 4 heteroatoms. The smallest absolute Gasteiger partial charge is 0.147 e. The van der Waals surface area contributed by atoms with E-state index in [0.29, 0.717) is 47.6 Å². The molecule has 0 saturated heterocycles. The quantitative estimate of drug-likeness (QED) is 0.651. The zero-order valence-electron chi connectivity index (χ0n) is 15.5. The molecule has 1 N–H and O–H groups in total. The third kappa shape index (κ3) is 2.85. The summed E-state index contributed by atoms with van der Waals surface area (Å²) in [4.78, 5) is 12.4. The van der Waals surface area contributed by atoms with Gasteiger partial charge in [-0.3, -0.25) is 4.79 Å². The van der Waals surface area contributed by atoms with Crippen LogP contribution in [0, 0.1) is 40.9 Å². The summed E-state index contributed by atoms with van der Waals surface area (Å²) >= 11 is 3.37. The fourth-order valence-corrected chi connectivity index (χ4v) is 8.02. The summed E-state index contributed by atoms with van der Waals surface area (Å²) < 4.78 is 15.2. The number of rotatable bonds is 2. The Morgan fingerprint density at radius 3 is 2.48 bits per heavy atom. The van der Waals surface area contributed by atoms with Gasteiger partial charge in [0.15, 0.2) is 0 Å². The van der Waals surface area contributed by atoms with E-state index in [4.69, 9.17) is 0 Å². The van der Waals surface area contributed by atoms with Gasteiger partial charge >= 0.3 is 0 Å². The van der Waals surface area contributed by atoms with Crippen molar-refractivity contribution < 1.29 is 14.3 Å². The number of hydrogen-bond donors (Lipinski definition) is 1. The number of carbonyl (C=O) groups excluding carboxylic acids is 1. The average Bonchev–Trinajstić information content (AvgIpc) is 2.91. The van der Waals surface area contributed by atoms with Crippen molar-refractivity contribution in [3.05, 3.63) is 0 Å². The van der Waals surface area contributed by atoms with Crippen LogP contribution in [0.5, 0.6) is 0 Å². The van der Waals surface area contributed by atoms with Crippen molar-refractivity contribution in [1.29, 1.82) is 0 Å². The topological polar surface area (TPSA) is 37.3 Å². The molecule has 1 unspecified atom stereocenters. The molecule has 0 aromatic rings. The molecule has 4 rings (SSSR count). The second-order valence-corrected chi connectivity index (χ2v) is 10.6. The maximum atomic E-state index is 15.2. The molecule has 25 heavy (non-hydrogen) atoms. The molecule has 0 aromatic carbocycles. The maximum absolute atomic E-state index is 15.2. The summed E-state index contributed by atoms with van der Waals surface area (Å²) in [5.74, 6) is 2.60. The number of alkyl halides is 2. The van der Waals surface area contributed by atoms with E-state index >= 15 is 4.39 Å². The molecule has 0 heterocycles. The van der Waals surface area contributed by atoms with Gasteiger partial charge in [0.05, 0.1) is 10.9 Å². The average molecular weight is 415 g/mol. The van der Waals surface area contributed by atoms with E-state index in [1.165, 1.54) is 0 Å². The highest BCUT2D eigenvalue weighted by Gasteiger charge is 2.60. The van der Waals surface area contributed by atoms with Crippen molar-refractivity contribution in [3.8, 4) is 0 Å². The number of fused-ring (bicyclic) bond motifs is 5. The number of hydrogen-bond acceptors (Lipinski definition) is 2. The maximum Gasteiger partial charge on any atom is 0.147 e. The fraction of sp³-hybridized carbons (Fsp3) is 0.952. The Bertz CT molecular complexity index is 550. The molecule has 4 fully saturated rings. The molecule has 0 spiro atoms. The van der Waals surface area contributed by atoms with Crippen molar-refractivity contribution in [2.75, 3.05) is 5.33 Å². The van der Waals surface area contributed by atoms with Gasteiger partial charge in [0.2, 0.25) is 0 Å². The molecule has 9 atom stereocenters. The zero-order chi connectivity index (χ0) is 18.0. The van der Waals surface area contributed by atoms with Crippen molar-refractivity contribution in [1.82, 2.24) is 0 Å². The third-order valence-corrected chi connectivity index (χ3v) is 9.32. The minimum Gasteiger partial charge on any atom is -0.390 e. The molecular weight excluding hydrogens is 383 g/mol. The lowest BCUT2D eigenvalue weighted by Crippen LogP contribution is -2.54. The third-order valence-electron chi connectivity index (χ3n) is 8.77. The Hall–Kier alpha value is 0.0400. The molecular formula is C21H32BrFO2. The van der Waals surface area contributed by atoms with Crippen LogP contribution in [-0.2, 0) is 4.79 Å². The zero-order valence-corrected chi connectivity index (χ0v) is 17.1. The van der Waals surface area contributed by atoms with Gasteiger partial charge in [-0.2, -0.15) is 0 Å². The highest BCUT2D eigenvalue weighted by molar-refractivity contribution is 9.09. The summed E-state index contributed by atoms with van der Waals surface area (Å²) in [7, 11) is 0. The van der Waals surface area contributed by atoms with Gasteiger partial charge in [0.1, 0.15) is 12.0 Å². The van der Waals surface area contributed by atoms with Crippen molar-refractivity contribution in [2.45, 2.75) is 77.0 Å². The van der Waals surface area contributed by atoms with Gasteiger partial charge in [0, 0.05) is 5.92 Å². The first-order valence-electron chi connectivity index (χ1n) is 10.2. The summed E-state index contributed by atoms with van der Waals surface area (Å²) in [6.45, 7) is 4.20. The number of ketones is 1. The predicted octanol–water partition coefficient (Wildman–Crippen LogP) is 4.92. The molecule has 0 bridgehead atoms. The van der Waals surface area contributed by atoms with Gasteiger partial charge < -0.3 is 5.11 Å². The van der Waals surface area contributed by atoms with Gasteiger partial charge in [-0.05, 0) is 93.3 Å². The number of halogens is 2. The van der Waals surface area contributed by atoms with Crippen LogP contribution in [0.15, 0.2) is 0 Å². The van der Waals surface area contributed by atoms with Gasteiger partial charge in [-0.1, -0.05) is 22.9 Å². The molecule has 0 radical (unpaired) electrons. The molecule has 4 saturated carbocycles. The first kappa shape index (κ1) is 18.4. The molecule has 0 aromatic heterocycles. The van der Waals surface area contributed by atoms with Crippen LogP contribution < -0.4 is 0 Å². The van der Waals surface area contributed by atoms with Gasteiger partial charge in [-0.25, -0.2) is 4.39 Å². The van der Waals surface area contributed by atoms with Crippen LogP contribution in [0.25, 0.3) is 0 Å². The summed E-state index contributed by atoms with van der Waals surface area (Å²) in [6, 6.07) is 0. The van der Waals surface area contributed by atoms with Crippen LogP contribution in [0.4, 0.5) is 4.39 Å². The van der Waals surface area contributed by atoms with E-state index in [2.05, 4.69) is 22.9 Å². The van der Waals surface area contributed by atoms with Crippen LogP contribution in [0.1, 0.15) is 65.2 Å². The lowest BCUT2D eigenvalue weighted by atomic mass is 9.48. The van der Waals surface area contributed by atoms with Crippen molar-refractivity contribution >= 4 is 21.7 Å². The van der Waals surface area contributed by atoms with Crippen LogP contribution >= 0.6 is 15.9 Å². The Balaban J connectivity index is 1.58. The first-order chi connectivity index (χ1) is 11.8. The lowest BCUT2D eigenvalue weighted by molar-refractivity contribution is -0.137. The molecule has 0 amide bonds. The largest absolute Gasteiger partial charge is 0.390 e. The van der Waals surface area contributed by atoms with Crippen molar-refractivity contribution in [3.63, 3.8) is 0 Å². The molecule has 2 nitrogen and oxygen atoms in total. The SMILES string of the molecule is C[C@@]1(O)CC[C@H]2[C@H](C1)[C@H](F)CC1[C@@H]2CC[C@]2(C)[C@@H](C(=O)CBr)CC[C@@H]12. The van der Waals surface area contributed by atoms with E-state index in [1.807, 2.05) is 6.92 Å². The normalized spacial score (nSPS) is 55.2. The molecule has 4 aliphatic rings. The summed E-state index contributed by atoms with van der Waals surface area (Å²) in [5, 5.41) is 10.9. The van der Waals surface area contributed by atoms with E-state index < -0.39 is 11.8 Å². The molecule has 0 aliphatic heterocycles. The van der Waals surface area contributed by atoms with E-state index in [-0.39, 0.29) is 17.3 Å². The Kier molecular flexibility index (Phi) is 4.63. The summed E-state index contributed by atoms with van der Waals surface area (Å²) in [5.41, 5.74) is -0.596. The van der Waals surface area contributed by atoms with Gasteiger partial charge in [0.25, 0.3) is 0 Å². The Morgan fingerprint density at radius 2 is 1.76 bits per heavy atom.